The molecule has 0 radical (unpaired) electrons. The SMILES string of the molecule is COCCOC(C)=O.c1cc2ccc3cccc4ccc(c1)c2c34. The maximum absolute atomic E-state index is 10.0. The Bertz CT molecular complexity index is 829. The molecule has 3 heteroatoms. The van der Waals surface area contributed by atoms with E-state index in [1.165, 1.54) is 39.2 Å². The van der Waals surface area contributed by atoms with Crippen molar-refractivity contribution in [1.82, 2.24) is 0 Å². The quantitative estimate of drug-likeness (QED) is 0.309. The Kier molecular flexibility index (Phi) is 4.92. The molecular weight excluding hydrogens is 300 g/mol. The Labute approximate surface area is 141 Å². The van der Waals surface area contributed by atoms with Crippen LogP contribution >= 0.6 is 0 Å². The summed E-state index contributed by atoms with van der Waals surface area (Å²) in [6.07, 6.45) is 0. The summed E-state index contributed by atoms with van der Waals surface area (Å²) >= 11 is 0. The standard InChI is InChI=1S/C16H10.C5H10O3/c1-3-11-7-9-13-5-2-6-14-10-8-12(4-1)15(11)16(13)14;1-5(6)8-4-3-7-2/h1-10H;3-4H2,1-2H3. The van der Waals surface area contributed by atoms with E-state index in [1.807, 2.05) is 0 Å². The van der Waals surface area contributed by atoms with E-state index < -0.39 is 0 Å². The van der Waals surface area contributed by atoms with Crippen molar-refractivity contribution in [2.24, 2.45) is 0 Å². The number of rotatable bonds is 3. The summed E-state index contributed by atoms with van der Waals surface area (Å²) in [7, 11) is 1.56. The number of hydrogen-bond acceptors (Lipinski definition) is 3. The number of carbonyl (C=O) groups is 1. The molecule has 0 saturated heterocycles. The molecule has 0 bridgehead atoms. The van der Waals surface area contributed by atoms with Gasteiger partial charge in [-0.15, -0.1) is 0 Å². The summed E-state index contributed by atoms with van der Waals surface area (Å²) in [4.78, 5) is 10.0. The Balaban J connectivity index is 0.000000183. The van der Waals surface area contributed by atoms with Gasteiger partial charge in [0.1, 0.15) is 6.61 Å². The van der Waals surface area contributed by atoms with Gasteiger partial charge in [-0.3, -0.25) is 4.79 Å². The van der Waals surface area contributed by atoms with Crippen molar-refractivity contribution >= 4 is 38.3 Å². The van der Waals surface area contributed by atoms with Crippen molar-refractivity contribution in [3.8, 4) is 0 Å². The fourth-order valence-electron chi connectivity index (χ4n) is 2.94. The lowest BCUT2D eigenvalue weighted by molar-refractivity contribution is -0.142. The molecule has 3 nitrogen and oxygen atoms in total. The third-order valence-electron chi connectivity index (χ3n) is 3.99. The van der Waals surface area contributed by atoms with Crippen molar-refractivity contribution in [2.45, 2.75) is 6.92 Å². The molecule has 0 atom stereocenters. The highest BCUT2D eigenvalue weighted by Gasteiger charge is 2.05. The van der Waals surface area contributed by atoms with Crippen LogP contribution in [0.3, 0.4) is 0 Å². The van der Waals surface area contributed by atoms with Crippen LogP contribution in [0.25, 0.3) is 32.3 Å². The number of carbonyl (C=O) groups excluding carboxylic acids is 1. The van der Waals surface area contributed by atoms with Gasteiger partial charge < -0.3 is 9.47 Å². The van der Waals surface area contributed by atoms with Gasteiger partial charge in [-0.1, -0.05) is 60.7 Å². The zero-order valence-corrected chi connectivity index (χ0v) is 13.9. The summed E-state index contributed by atoms with van der Waals surface area (Å²) in [5.41, 5.74) is 0. The molecule has 4 aromatic carbocycles. The van der Waals surface area contributed by atoms with Gasteiger partial charge >= 0.3 is 5.97 Å². The molecule has 4 rings (SSSR count). The van der Waals surface area contributed by atoms with Gasteiger partial charge in [0.15, 0.2) is 0 Å². The molecule has 0 spiro atoms. The lowest BCUT2D eigenvalue weighted by Gasteiger charge is -2.09. The molecule has 0 N–H and O–H groups in total. The van der Waals surface area contributed by atoms with Crippen molar-refractivity contribution in [3.05, 3.63) is 60.7 Å². The first-order valence-electron chi connectivity index (χ1n) is 7.95. The molecule has 0 aromatic heterocycles. The fraction of sp³-hybridized carbons (Fsp3) is 0.190. The molecule has 0 aliphatic carbocycles. The van der Waals surface area contributed by atoms with Gasteiger partial charge in [-0.25, -0.2) is 0 Å². The van der Waals surface area contributed by atoms with Crippen LogP contribution in [0.4, 0.5) is 0 Å². The number of esters is 1. The second-order valence-corrected chi connectivity index (χ2v) is 5.62. The zero-order chi connectivity index (χ0) is 16.9. The van der Waals surface area contributed by atoms with Gasteiger partial charge in [0, 0.05) is 14.0 Å². The predicted molar refractivity (Wildman–Crippen MR) is 98.7 cm³/mol. The van der Waals surface area contributed by atoms with Crippen LogP contribution in [0.2, 0.25) is 0 Å². The minimum atomic E-state index is -0.262. The van der Waals surface area contributed by atoms with Crippen LogP contribution in [0.5, 0.6) is 0 Å². The molecule has 0 aliphatic rings. The first-order valence-corrected chi connectivity index (χ1v) is 7.95. The molecule has 0 heterocycles. The first-order chi connectivity index (χ1) is 11.7. The number of benzene rings is 4. The fourth-order valence-corrected chi connectivity index (χ4v) is 2.94. The maximum Gasteiger partial charge on any atom is 0.302 e. The third-order valence-corrected chi connectivity index (χ3v) is 3.99. The minimum Gasteiger partial charge on any atom is -0.463 e. The summed E-state index contributed by atoms with van der Waals surface area (Å²) < 4.78 is 9.13. The second kappa shape index (κ2) is 7.28. The Morgan fingerprint density at radius 3 is 1.50 bits per heavy atom. The van der Waals surface area contributed by atoms with E-state index >= 15 is 0 Å². The highest BCUT2D eigenvalue weighted by Crippen LogP contribution is 2.33. The van der Waals surface area contributed by atoms with Crippen molar-refractivity contribution in [1.29, 1.82) is 0 Å². The van der Waals surface area contributed by atoms with Crippen molar-refractivity contribution in [3.63, 3.8) is 0 Å². The molecule has 0 aliphatic heterocycles. The van der Waals surface area contributed by atoms with Crippen LogP contribution in [-0.2, 0) is 14.3 Å². The lowest BCUT2D eigenvalue weighted by atomic mass is 9.95. The molecule has 4 aromatic rings. The third kappa shape index (κ3) is 3.31. The summed E-state index contributed by atoms with van der Waals surface area (Å²) in [6.45, 7) is 2.20. The lowest BCUT2D eigenvalue weighted by Crippen LogP contribution is -2.05. The van der Waals surface area contributed by atoms with Crippen LogP contribution in [-0.4, -0.2) is 26.3 Å². The van der Waals surface area contributed by atoms with Gasteiger partial charge in [0.25, 0.3) is 0 Å². The molecule has 24 heavy (non-hydrogen) atoms. The van der Waals surface area contributed by atoms with Gasteiger partial charge in [-0.2, -0.15) is 0 Å². The van der Waals surface area contributed by atoms with Crippen LogP contribution in [0, 0.1) is 0 Å². The largest absolute Gasteiger partial charge is 0.463 e. The average Bonchev–Trinajstić information content (AvgIpc) is 2.60. The molecule has 0 saturated carbocycles. The van der Waals surface area contributed by atoms with Gasteiger partial charge in [0.2, 0.25) is 0 Å². The van der Waals surface area contributed by atoms with E-state index in [2.05, 4.69) is 70.1 Å². The van der Waals surface area contributed by atoms with E-state index in [0.29, 0.717) is 13.2 Å². The molecule has 0 fully saturated rings. The molecule has 0 amide bonds. The smallest absolute Gasteiger partial charge is 0.302 e. The van der Waals surface area contributed by atoms with Crippen molar-refractivity contribution < 1.29 is 14.3 Å². The first kappa shape index (κ1) is 16.2. The minimum absolute atomic E-state index is 0.262. The van der Waals surface area contributed by atoms with E-state index in [0.717, 1.165) is 0 Å². The summed E-state index contributed by atoms with van der Waals surface area (Å²) in [5, 5.41) is 8.14. The van der Waals surface area contributed by atoms with Crippen LogP contribution in [0.15, 0.2) is 60.7 Å². The van der Waals surface area contributed by atoms with E-state index in [1.54, 1.807) is 7.11 Å². The predicted octanol–water partition coefficient (Wildman–Crippen LogP) is 4.78. The van der Waals surface area contributed by atoms with Gasteiger partial charge in [-0.05, 0) is 32.3 Å². The Morgan fingerprint density at radius 2 is 1.17 bits per heavy atom. The van der Waals surface area contributed by atoms with E-state index in [4.69, 9.17) is 0 Å². The molecule has 122 valence electrons. The van der Waals surface area contributed by atoms with E-state index in [9.17, 15) is 4.79 Å². The van der Waals surface area contributed by atoms with E-state index in [-0.39, 0.29) is 5.97 Å². The normalized spacial score (nSPS) is 10.8. The highest BCUT2D eigenvalue weighted by atomic mass is 16.6. The summed E-state index contributed by atoms with van der Waals surface area (Å²) in [6, 6.07) is 21.9. The Morgan fingerprint density at radius 1 is 0.750 bits per heavy atom. The number of ether oxygens (including phenoxy) is 2. The van der Waals surface area contributed by atoms with Gasteiger partial charge in [0.05, 0.1) is 6.61 Å². The maximum atomic E-state index is 10.0. The highest BCUT2D eigenvalue weighted by molar-refractivity contribution is 6.22. The Hall–Kier alpha value is -2.65. The molecule has 0 unspecified atom stereocenters. The summed E-state index contributed by atoms with van der Waals surface area (Å²) in [5.74, 6) is -0.262. The second-order valence-electron chi connectivity index (χ2n) is 5.62. The number of methoxy groups -OCH3 is 1. The zero-order valence-electron chi connectivity index (χ0n) is 13.9. The topological polar surface area (TPSA) is 35.5 Å². The average molecular weight is 320 g/mol. The van der Waals surface area contributed by atoms with Crippen LogP contribution in [0.1, 0.15) is 6.92 Å². The monoisotopic (exact) mass is 320 g/mol. The molecular formula is C21H20O3. The number of hydrogen-bond donors (Lipinski definition) is 0. The van der Waals surface area contributed by atoms with Crippen molar-refractivity contribution in [2.75, 3.05) is 20.3 Å². The van der Waals surface area contributed by atoms with Crippen LogP contribution < -0.4 is 0 Å².